The molecule has 3 aliphatic rings. The summed E-state index contributed by atoms with van der Waals surface area (Å²) in [4.78, 5) is 42.0. The Morgan fingerprint density at radius 1 is 0.962 bits per heavy atom. The van der Waals surface area contributed by atoms with Crippen molar-refractivity contribution < 1.29 is 14.4 Å². The molecule has 26 heavy (non-hydrogen) atoms. The van der Waals surface area contributed by atoms with Crippen molar-refractivity contribution in [2.24, 2.45) is 17.8 Å². The summed E-state index contributed by atoms with van der Waals surface area (Å²) in [5.41, 5.74) is 0.899. The van der Waals surface area contributed by atoms with Crippen molar-refractivity contribution in [3.05, 3.63) is 42.0 Å². The van der Waals surface area contributed by atoms with Crippen LogP contribution in [0.25, 0.3) is 0 Å². The Balaban J connectivity index is 1.65. The number of carbonyl (C=O) groups is 3. The van der Waals surface area contributed by atoms with Crippen LogP contribution in [0.3, 0.4) is 0 Å². The summed E-state index contributed by atoms with van der Waals surface area (Å²) in [6.07, 6.45) is 7.14. The molecule has 0 N–H and O–H groups in total. The predicted octanol–water partition coefficient (Wildman–Crippen LogP) is 3.01. The second kappa shape index (κ2) is 6.71. The largest absolute Gasteiger partial charge is 0.339 e. The minimum atomic E-state index is -0.286. The van der Waals surface area contributed by atoms with Crippen molar-refractivity contribution in [3.63, 3.8) is 0 Å². The van der Waals surface area contributed by atoms with Crippen molar-refractivity contribution in [2.45, 2.75) is 32.6 Å². The summed E-state index contributed by atoms with van der Waals surface area (Å²) in [6.45, 7) is 3.66. The Kier molecular flexibility index (Phi) is 4.39. The van der Waals surface area contributed by atoms with Crippen LogP contribution in [0.4, 0.5) is 5.69 Å². The van der Waals surface area contributed by atoms with Gasteiger partial charge < -0.3 is 4.90 Å². The van der Waals surface area contributed by atoms with Crippen LogP contribution in [0, 0.1) is 17.8 Å². The van der Waals surface area contributed by atoms with E-state index in [1.807, 2.05) is 17.1 Å². The van der Waals surface area contributed by atoms with Gasteiger partial charge in [0.25, 0.3) is 5.91 Å². The van der Waals surface area contributed by atoms with E-state index in [1.165, 1.54) is 4.90 Å². The van der Waals surface area contributed by atoms with E-state index >= 15 is 0 Å². The fraction of sp³-hybridized carbons (Fsp3) is 0.476. The van der Waals surface area contributed by atoms with Gasteiger partial charge >= 0.3 is 0 Å². The van der Waals surface area contributed by atoms with Crippen LogP contribution in [-0.2, 0) is 9.59 Å². The molecule has 0 spiro atoms. The maximum Gasteiger partial charge on any atom is 0.255 e. The molecule has 136 valence electrons. The minimum Gasteiger partial charge on any atom is -0.339 e. The molecule has 4 rings (SSSR count). The first-order valence-corrected chi connectivity index (χ1v) is 9.49. The zero-order valence-electron chi connectivity index (χ0n) is 15.1. The topological polar surface area (TPSA) is 57.7 Å². The van der Waals surface area contributed by atoms with Gasteiger partial charge in [-0.05, 0) is 43.7 Å². The SMILES string of the molecule is CC1CCN(C(=O)c2ccccc2N2C(=O)[C@@H]3CC=CC[C@H]3C2=O)CC1. The maximum absolute atomic E-state index is 13.1. The Bertz CT molecular complexity index is 751. The lowest BCUT2D eigenvalue weighted by molar-refractivity contribution is -0.122. The van der Waals surface area contributed by atoms with Crippen molar-refractivity contribution in [1.29, 1.82) is 0 Å². The normalized spacial score (nSPS) is 26.3. The summed E-state index contributed by atoms with van der Waals surface area (Å²) in [5, 5.41) is 0. The van der Waals surface area contributed by atoms with Gasteiger partial charge in [-0.2, -0.15) is 0 Å². The van der Waals surface area contributed by atoms with Gasteiger partial charge in [-0.15, -0.1) is 0 Å². The number of benzene rings is 1. The van der Waals surface area contributed by atoms with E-state index in [1.54, 1.807) is 24.3 Å². The van der Waals surface area contributed by atoms with Gasteiger partial charge in [0.2, 0.25) is 11.8 Å². The molecule has 2 saturated heterocycles. The second-order valence-electron chi connectivity index (χ2n) is 7.66. The molecule has 0 bridgehead atoms. The number of nitrogens with zero attached hydrogens (tertiary/aromatic N) is 2. The molecule has 5 heteroatoms. The number of anilines is 1. The zero-order chi connectivity index (χ0) is 18.3. The number of carbonyl (C=O) groups excluding carboxylic acids is 3. The van der Waals surface area contributed by atoms with E-state index in [0.29, 0.717) is 30.0 Å². The van der Waals surface area contributed by atoms with Gasteiger partial charge in [-0.1, -0.05) is 31.2 Å². The molecule has 5 nitrogen and oxygen atoms in total. The molecule has 0 saturated carbocycles. The van der Waals surface area contributed by atoms with Crippen LogP contribution >= 0.6 is 0 Å². The number of allylic oxidation sites excluding steroid dienone is 2. The molecule has 0 radical (unpaired) electrons. The van der Waals surface area contributed by atoms with E-state index in [4.69, 9.17) is 0 Å². The number of hydrogen-bond acceptors (Lipinski definition) is 3. The van der Waals surface area contributed by atoms with Gasteiger partial charge in [-0.25, -0.2) is 4.90 Å². The van der Waals surface area contributed by atoms with Crippen LogP contribution in [0.15, 0.2) is 36.4 Å². The highest BCUT2D eigenvalue weighted by molar-refractivity contribution is 6.24. The number of amides is 3. The van der Waals surface area contributed by atoms with Crippen LogP contribution in [0.2, 0.25) is 0 Å². The van der Waals surface area contributed by atoms with Crippen molar-refractivity contribution >= 4 is 23.4 Å². The average Bonchev–Trinajstić information content (AvgIpc) is 2.93. The fourth-order valence-electron chi connectivity index (χ4n) is 4.27. The summed E-state index contributed by atoms with van der Waals surface area (Å²) in [6, 6.07) is 7.03. The second-order valence-corrected chi connectivity index (χ2v) is 7.66. The van der Waals surface area contributed by atoms with E-state index in [2.05, 4.69) is 6.92 Å². The molecule has 1 aromatic rings. The average molecular weight is 352 g/mol. The molecule has 3 amide bonds. The van der Waals surface area contributed by atoms with E-state index in [9.17, 15) is 14.4 Å². The quantitative estimate of drug-likeness (QED) is 0.607. The molecule has 1 aromatic carbocycles. The lowest BCUT2D eigenvalue weighted by Gasteiger charge is -2.31. The number of imide groups is 1. The number of likely N-dealkylation sites (tertiary alicyclic amines) is 1. The molecule has 1 aliphatic carbocycles. The lowest BCUT2D eigenvalue weighted by atomic mass is 9.85. The van der Waals surface area contributed by atoms with Crippen LogP contribution < -0.4 is 4.90 Å². The van der Waals surface area contributed by atoms with Crippen molar-refractivity contribution in [1.82, 2.24) is 4.90 Å². The number of piperidine rings is 1. The molecular weight excluding hydrogens is 328 g/mol. The third kappa shape index (κ3) is 2.75. The molecule has 0 unspecified atom stereocenters. The smallest absolute Gasteiger partial charge is 0.255 e. The van der Waals surface area contributed by atoms with Crippen molar-refractivity contribution in [2.75, 3.05) is 18.0 Å². The summed E-state index contributed by atoms with van der Waals surface area (Å²) < 4.78 is 0. The van der Waals surface area contributed by atoms with Crippen LogP contribution in [0.1, 0.15) is 43.0 Å². The molecule has 2 fully saturated rings. The summed E-state index contributed by atoms with van der Waals surface area (Å²) >= 11 is 0. The maximum atomic E-state index is 13.1. The third-order valence-corrected chi connectivity index (χ3v) is 5.95. The van der Waals surface area contributed by atoms with Crippen molar-refractivity contribution in [3.8, 4) is 0 Å². The monoisotopic (exact) mass is 352 g/mol. The summed E-state index contributed by atoms with van der Waals surface area (Å²) in [5.74, 6) is -0.362. The van der Waals surface area contributed by atoms with Crippen LogP contribution in [0.5, 0.6) is 0 Å². The first-order chi connectivity index (χ1) is 12.6. The molecule has 2 heterocycles. The Morgan fingerprint density at radius 2 is 1.54 bits per heavy atom. The first-order valence-electron chi connectivity index (χ1n) is 9.49. The van der Waals surface area contributed by atoms with Crippen LogP contribution in [-0.4, -0.2) is 35.7 Å². The Hall–Kier alpha value is -2.43. The highest BCUT2D eigenvalue weighted by Crippen LogP contribution is 2.39. The molecule has 2 aliphatic heterocycles. The Labute approximate surface area is 153 Å². The Morgan fingerprint density at radius 3 is 2.15 bits per heavy atom. The van der Waals surface area contributed by atoms with E-state index in [-0.39, 0.29) is 29.6 Å². The number of hydrogen-bond donors (Lipinski definition) is 0. The first kappa shape index (κ1) is 17.0. The minimum absolute atomic E-state index is 0.0823. The van der Waals surface area contributed by atoms with E-state index in [0.717, 1.165) is 25.9 Å². The number of rotatable bonds is 2. The predicted molar refractivity (Wildman–Crippen MR) is 98.6 cm³/mol. The van der Waals surface area contributed by atoms with Gasteiger partial charge in [0.05, 0.1) is 23.1 Å². The van der Waals surface area contributed by atoms with E-state index < -0.39 is 0 Å². The molecular formula is C21H24N2O3. The molecule has 0 aromatic heterocycles. The van der Waals surface area contributed by atoms with Gasteiger partial charge in [0.1, 0.15) is 0 Å². The lowest BCUT2D eigenvalue weighted by Crippen LogP contribution is -2.39. The number of para-hydroxylation sites is 1. The summed E-state index contributed by atoms with van der Waals surface area (Å²) in [7, 11) is 0. The van der Waals surface area contributed by atoms with Gasteiger partial charge in [0.15, 0.2) is 0 Å². The highest BCUT2D eigenvalue weighted by Gasteiger charge is 2.48. The van der Waals surface area contributed by atoms with Gasteiger partial charge in [-0.3, -0.25) is 14.4 Å². The van der Waals surface area contributed by atoms with Gasteiger partial charge in [0, 0.05) is 13.1 Å². The highest BCUT2D eigenvalue weighted by atomic mass is 16.2. The standard InChI is InChI=1S/C21H24N2O3/c1-14-10-12-22(13-11-14)19(24)17-8-4-5-9-18(17)23-20(25)15-6-2-3-7-16(15)21(23)26/h2-5,8-9,14-16H,6-7,10-13H2,1H3/t15-,16-/m1/s1. The third-order valence-electron chi connectivity index (χ3n) is 5.95. The zero-order valence-corrected chi connectivity index (χ0v) is 15.1. The fourth-order valence-corrected chi connectivity index (χ4v) is 4.27. The number of fused-ring (bicyclic) bond motifs is 1. The molecule has 2 atom stereocenters.